The molecule has 140 valence electrons. The van der Waals surface area contributed by atoms with Crippen molar-refractivity contribution in [1.29, 1.82) is 0 Å². The predicted molar refractivity (Wildman–Crippen MR) is 87.0 cm³/mol. The number of hydrogen-bond acceptors (Lipinski definition) is 3. The Bertz CT molecular complexity index is 510. The fourth-order valence-corrected chi connectivity index (χ4v) is 2.00. The summed E-state index contributed by atoms with van der Waals surface area (Å²) >= 11 is 0. The standard InChI is InChI=1S/C17H28N2O.3ClH.Mn/c1-16(2,3)13-9-12(11-19-8-7-18)15(20)14(10-13)17(4,5)6;;;;/h9-11,20H,7-8,18H2,1-6H3;3*1H;/q;;;;+3/p-3. The molecule has 0 aromatic heterocycles. The second kappa shape index (κ2) is 12.4. The molecule has 0 heterocycles. The quantitative estimate of drug-likeness (QED) is 0.366. The normalized spacial score (nSPS) is 11.0. The molecular weight excluding hydrogens is 409 g/mol. The number of halogens is 3. The van der Waals surface area contributed by atoms with Crippen LogP contribution in [0.3, 0.4) is 0 Å². The average Bonchev–Trinajstić information content (AvgIpc) is 2.28. The van der Waals surface area contributed by atoms with Crippen LogP contribution in [0.2, 0.25) is 0 Å². The van der Waals surface area contributed by atoms with Crippen molar-refractivity contribution in [2.24, 2.45) is 10.7 Å². The first-order valence-corrected chi connectivity index (χ1v) is 7.15. The van der Waals surface area contributed by atoms with Crippen LogP contribution in [0.1, 0.15) is 58.2 Å². The van der Waals surface area contributed by atoms with Crippen LogP contribution in [-0.4, -0.2) is 24.4 Å². The topological polar surface area (TPSA) is 58.6 Å². The summed E-state index contributed by atoms with van der Waals surface area (Å²) in [5.74, 6) is 0.325. The Morgan fingerprint density at radius 2 is 1.50 bits per heavy atom. The third-order valence-corrected chi connectivity index (χ3v) is 3.30. The van der Waals surface area contributed by atoms with Crippen molar-refractivity contribution in [1.82, 2.24) is 0 Å². The van der Waals surface area contributed by atoms with E-state index in [1.807, 2.05) is 6.07 Å². The molecule has 0 saturated carbocycles. The van der Waals surface area contributed by atoms with E-state index < -0.39 is 0 Å². The van der Waals surface area contributed by atoms with E-state index in [1.54, 1.807) is 6.21 Å². The minimum atomic E-state index is -0.109. The Morgan fingerprint density at radius 1 is 1.00 bits per heavy atom. The minimum Gasteiger partial charge on any atom is -1.00 e. The van der Waals surface area contributed by atoms with E-state index in [9.17, 15) is 5.11 Å². The van der Waals surface area contributed by atoms with Gasteiger partial charge in [-0.2, -0.15) is 0 Å². The van der Waals surface area contributed by atoms with Crippen molar-refractivity contribution in [2.45, 2.75) is 52.4 Å². The molecule has 3 N–H and O–H groups in total. The zero-order valence-corrected chi connectivity index (χ0v) is 18.6. The summed E-state index contributed by atoms with van der Waals surface area (Å²) < 4.78 is 0. The van der Waals surface area contributed by atoms with Crippen molar-refractivity contribution >= 4 is 6.21 Å². The van der Waals surface area contributed by atoms with Crippen molar-refractivity contribution in [3.05, 3.63) is 28.8 Å². The van der Waals surface area contributed by atoms with E-state index in [0.29, 0.717) is 18.8 Å². The van der Waals surface area contributed by atoms with E-state index in [1.165, 1.54) is 5.56 Å². The number of rotatable bonds is 3. The molecule has 0 aliphatic rings. The Morgan fingerprint density at radius 3 is 1.88 bits per heavy atom. The Labute approximate surface area is 176 Å². The molecule has 0 bridgehead atoms. The van der Waals surface area contributed by atoms with Gasteiger partial charge in [0, 0.05) is 23.9 Å². The molecule has 0 saturated heterocycles. The van der Waals surface area contributed by atoms with E-state index in [4.69, 9.17) is 5.73 Å². The third-order valence-electron chi connectivity index (χ3n) is 3.30. The molecule has 0 unspecified atom stereocenters. The Hall–Kier alpha value is 0.0395. The van der Waals surface area contributed by atoms with Gasteiger partial charge in [0.05, 0.1) is 6.54 Å². The largest absolute Gasteiger partial charge is 3.00 e. The van der Waals surface area contributed by atoms with Crippen LogP contribution in [0, 0.1) is 0 Å². The predicted octanol–water partition coefficient (Wildman–Crippen LogP) is -5.63. The molecule has 1 rings (SSSR count). The van der Waals surface area contributed by atoms with Gasteiger partial charge in [0.1, 0.15) is 5.75 Å². The Balaban J connectivity index is -0.000000500. The average molecular weight is 438 g/mol. The number of phenolic OH excluding ortho intramolecular Hbond substituents is 1. The molecule has 0 atom stereocenters. The monoisotopic (exact) mass is 436 g/mol. The van der Waals surface area contributed by atoms with Crippen LogP contribution >= 0.6 is 0 Å². The van der Waals surface area contributed by atoms with Gasteiger partial charge < -0.3 is 48.1 Å². The fraction of sp³-hybridized carbons (Fsp3) is 0.588. The zero-order valence-electron chi connectivity index (χ0n) is 15.1. The molecule has 0 spiro atoms. The summed E-state index contributed by atoms with van der Waals surface area (Å²) in [7, 11) is 0. The molecule has 24 heavy (non-hydrogen) atoms. The molecule has 0 aliphatic heterocycles. The summed E-state index contributed by atoms with van der Waals surface area (Å²) in [6, 6.07) is 4.13. The molecule has 0 aliphatic carbocycles. The van der Waals surface area contributed by atoms with Gasteiger partial charge >= 0.3 is 17.1 Å². The second-order valence-electron chi connectivity index (χ2n) is 7.29. The summed E-state index contributed by atoms with van der Waals surface area (Å²) in [6.45, 7) is 13.9. The molecule has 1 aromatic carbocycles. The van der Waals surface area contributed by atoms with Gasteiger partial charge in [-0.05, 0) is 22.5 Å². The smallest absolute Gasteiger partial charge is 1.00 e. The van der Waals surface area contributed by atoms with Gasteiger partial charge in [-0.15, -0.1) is 0 Å². The Kier molecular flexibility index (Phi) is 16.4. The zero-order chi connectivity index (χ0) is 15.6. The maximum absolute atomic E-state index is 10.5. The van der Waals surface area contributed by atoms with Crippen molar-refractivity contribution < 1.29 is 59.4 Å². The van der Waals surface area contributed by atoms with Crippen LogP contribution < -0.4 is 43.0 Å². The number of nitrogens with two attached hydrogens (primary N) is 1. The molecule has 7 heteroatoms. The minimum absolute atomic E-state index is 0. The van der Waals surface area contributed by atoms with Gasteiger partial charge in [-0.25, -0.2) is 0 Å². The van der Waals surface area contributed by atoms with Crippen LogP contribution in [0.25, 0.3) is 0 Å². The number of hydrogen-bond donors (Lipinski definition) is 2. The first kappa shape index (κ1) is 31.8. The van der Waals surface area contributed by atoms with E-state index in [-0.39, 0.29) is 65.1 Å². The summed E-state index contributed by atoms with van der Waals surface area (Å²) in [4.78, 5) is 4.26. The SMILES string of the molecule is CC(C)(C)c1cc(C=NCCN)c(O)c(C(C)(C)C)c1.[Cl-].[Cl-].[Cl-].[Mn+3]. The van der Waals surface area contributed by atoms with Crippen molar-refractivity contribution in [2.75, 3.05) is 13.1 Å². The molecule has 0 radical (unpaired) electrons. The molecule has 1 aromatic rings. The van der Waals surface area contributed by atoms with Gasteiger partial charge in [-0.3, -0.25) is 4.99 Å². The third kappa shape index (κ3) is 8.94. The van der Waals surface area contributed by atoms with Crippen LogP contribution in [0.15, 0.2) is 17.1 Å². The number of aliphatic imine (C=N–C) groups is 1. The molecular formula is C17H28Cl3MnN2O. The van der Waals surface area contributed by atoms with E-state index in [0.717, 1.165) is 11.1 Å². The van der Waals surface area contributed by atoms with E-state index in [2.05, 4.69) is 52.6 Å². The maximum Gasteiger partial charge on any atom is 3.00 e. The fourth-order valence-electron chi connectivity index (χ4n) is 2.00. The molecule has 0 fully saturated rings. The first-order chi connectivity index (χ1) is 9.07. The van der Waals surface area contributed by atoms with Crippen molar-refractivity contribution in [3.8, 4) is 5.75 Å². The van der Waals surface area contributed by atoms with Crippen LogP contribution in [0.5, 0.6) is 5.75 Å². The van der Waals surface area contributed by atoms with Gasteiger partial charge in [0.2, 0.25) is 0 Å². The second-order valence-corrected chi connectivity index (χ2v) is 7.29. The summed E-state index contributed by atoms with van der Waals surface area (Å²) in [5.41, 5.74) is 8.31. The van der Waals surface area contributed by atoms with Crippen LogP contribution in [-0.2, 0) is 27.9 Å². The molecule has 3 nitrogen and oxygen atoms in total. The summed E-state index contributed by atoms with van der Waals surface area (Å²) in [5, 5.41) is 10.5. The van der Waals surface area contributed by atoms with Gasteiger partial charge in [0.15, 0.2) is 0 Å². The van der Waals surface area contributed by atoms with E-state index >= 15 is 0 Å². The maximum atomic E-state index is 10.5. The number of phenols is 1. The van der Waals surface area contributed by atoms with Crippen LogP contribution in [0.4, 0.5) is 0 Å². The first-order valence-electron chi connectivity index (χ1n) is 7.15. The van der Waals surface area contributed by atoms with Crippen molar-refractivity contribution in [3.63, 3.8) is 0 Å². The number of aromatic hydroxyl groups is 1. The molecule has 0 amide bonds. The number of benzene rings is 1. The number of nitrogens with zero attached hydrogens (tertiary/aromatic N) is 1. The summed E-state index contributed by atoms with van der Waals surface area (Å²) in [6.07, 6.45) is 1.73. The van der Waals surface area contributed by atoms with Gasteiger partial charge in [-0.1, -0.05) is 47.6 Å². The van der Waals surface area contributed by atoms with Gasteiger partial charge in [0.25, 0.3) is 0 Å².